The molecule has 3 fully saturated rings. The van der Waals surface area contributed by atoms with Crippen LogP contribution in [0.4, 0.5) is 14.9 Å². The van der Waals surface area contributed by atoms with Crippen molar-refractivity contribution in [1.82, 2.24) is 9.80 Å². The van der Waals surface area contributed by atoms with Gasteiger partial charge in [0.1, 0.15) is 12.3 Å². The second-order valence-corrected chi connectivity index (χ2v) is 9.13. The Labute approximate surface area is 181 Å². The summed E-state index contributed by atoms with van der Waals surface area (Å²) in [4.78, 5) is 18.1. The predicted molar refractivity (Wildman–Crippen MR) is 114 cm³/mol. The predicted octanol–water partition coefficient (Wildman–Crippen LogP) is 4.61. The summed E-state index contributed by atoms with van der Waals surface area (Å²) in [6.07, 6.45) is 2.83. The Kier molecular flexibility index (Phi) is 6.42. The minimum atomic E-state index is -1.12. The van der Waals surface area contributed by atoms with E-state index in [4.69, 9.17) is 27.9 Å². The molecule has 0 spiro atoms. The third-order valence-corrected chi connectivity index (χ3v) is 7.41. The molecule has 0 N–H and O–H groups in total. The van der Waals surface area contributed by atoms with Gasteiger partial charge in [0.15, 0.2) is 0 Å². The lowest BCUT2D eigenvalue weighted by molar-refractivity contribution is 0.0481. The number of ether oxygens (including phenoxy) is 1. The van der Waals surface area contributed by atoms with Crippen LogP contribution in [0, 0.1) is 0 Å². The number of hydrogen-bond acceptors (Lipinski definition) is 4. The van der Waals surface area contributed by atoms with Gasteiger partial charge < -0.3 is 14.5 Å². The van der Waals surface area contributed by atoms with Crippen molar-refractivity contribution in [2.45, 2.75) is 43.8 Å². The number of rotatable bonds is 5. The summed E-state index contributed by atoms with van der Waals surface area (Å²) in [5, 5.41) is 1.17. The third kappa shape index (κ3) is 4.75. The van der Waals surface area contributed by atoms with E-state index in [9.17, 15) is 4.79 Å². The standard InChI is InChI=1S/C21H28Cl2FN3O2/c22-17-2-1-3-18(19(17)23)26-12-10-25(11-13-26)9-8-21(24)6-4-16(5-7-21)27-14-15-29-20(27)28/h1-3,16H,4-15H2. The first-order chi connectivity index (χ1) is 14.0. The molecule has 1 amide bonds. The molecule has 1 aliphatic carbocycles. The molecule has 0 aromatic heterocycles. The number of carbonyl (C=O) groups is 1. The zero-order valence-corrected chi connectivity index (χ0v) is 18.1. The summed E-state index contributed by atoms with van der Waals surface area (Å²) in [5.41, 5.74) is -0.146. The quantitative estimate of drug-likeness (QED) is 0.665. The maximum absolute atomic E-state index is 15.3. The third-order valence-electron chi connectivity index (χ3n) is 6.60. The molecule has 2 aliphatic heterocycles. The Hall–Kier alpha value is -1.24. The molecule has 0 radical (unpaired) electrons. The van der Waals surface area contributed by atoms with Crippen LogP contribution < -0.4 is 4.90 Å². The number of carbonyl (C=O) groups excluding carboxylic acids is 1. The maximum atomic E-state index is 15.3. The highest BCUT2D eigenvalue weighted by atomic mass is 35.5. The average Bonchev–Trinajstić information content (AvgIpc) is 3.16. The van der Waals surface area contributed by atoms with Crippen LogP contribution in [0.5, 0.6) is 0 Å². The average molecular weight is 444 g/mol. The molecule has 3 aliphatic rings. The molecule has 8 heteroatoms. The van der Waals surface area contributed by atoms with Crippen LogP contribution in [-0.2, 0) is 4.74 Å². The second-order valence-electron chi connectivity index (χ2n) is 8.34. The van der Waals surface area contributed by atoms with Gasteiger partial charge in [-0.05, 0) is 44.2 Å². The zero-order valence-electron chi connectivity index (χ0n) is 16.6. The van der Waals surface area contributed by atoms with Gasteiger partial charge >= 0.3 is 6.09 Å². The topological polar surface area (TPSA) is 36.0 Å². The monoisotopic (exact) mass is 443 g/mol. The molecule has 1 aromatic carbocycles. The van der Waals surface area contributed by atoms with E-state index in [1.165, 1.54) is 0 Å². The van der Waals surface area contributed by atoms with E-state index in [2.05, 4.69) is 9.80 Å². The fourth-order valence-electron chi connectivity index (χ4n) is 4.73. The van der Waals surface area contributed by atoms with Gasteiger partial charge in [0, 0.05) is 38.8 Å². The van der Waals surface area contributed by atoms with E-state index in [1.54, 1.807) is 11.0 Å². The summed E-state index contributed by atoms with van der Waals surface area (Å²) in [7, 11) is 0. The van der Waals surface area contributed by atoms with E-state index in [0.717, 1.165) is 51.3 Å². The molecule has 4 rings (SSSR count). The van der Waals surface area contributed by atoms with Gasteiger partial charge in [-0.1, -0.05) is 29.3 Å². The first-order valence-electron chi connectivity index (χ1n) is 10.5. The van der Waals surface area contributed by atoms with Gasteiger partial charge in [-0.25, -0.2) is 9.18 Å². The molecule has 160 valence electrons. The number of amides is 1. The number of benzene rings is 1. The molecule has 2 heterocycles. The summed E-state index contributed by atoms with van der Waals surface area (Å²) in [6, 6.07) is 5.85. The lowest BCUT2D eigenvalue weighted by Crippen LogP contribution is -2.48. The van der Waals surface area contributed by atoms with Crippen LogP contribution >= 0.6 is 23.2 Å². The van der Waals surface area contributed by atoms with Gasteiger partial charge in [0.05, 0.1) is 22.3 Å². The van der Waals surface area contributed by atoms with Crippen molar-refractivity contribution in [3.8, 4) is 0 Å². The Morgan fingerprint density at radius 2 is 1.83 bits per heavy atom. The van der Waals surface area contributed by atoms with Crippen molar-refractivity contribution in [3.63, 3.8) is 0 Å². The van der Waals surface area contributed by atoms with Crippen LogP contribution in [0.1, 0.15) is 32.1 Å². The number of piperazine rings is 1. The molecule has 0 unspecified atom stereocenters. The van der Waals surface area contributed by atoms with Gasteiger partial charge in [-0.3, -0.25) is 4.90 Å². The Morgan fingerprint density at radius 3 is 2.48 bits per heavy atom. The van der Waals surface area contributed by atoms with E-state index in [0.29, 0.717) is 42.5 Å². The van der Waals surface area contributed by atoms with Crippen molar-refractivity contribution in [2.75, 3.05) is 50.8 Å². The van der Waals surface area contributed by atoms with Crippen molar-refractivity contribution in [2.24, 2.45) is 0 Å². The molecule has 2 saturated heterocycles. The number of anilines is 1. The Bertz CT molecular complexity index is 735. The lowest BCUT2D eigenvalue weighted by Gasteiger charge is -2.40. The highest BCUT2D eigenvalue weighted by Crippen LogP contribution is 2.38. The lowest BCUT2D eigenvalue weighted by atomic mass is 9.81. The summed E-state index contributed by atoms with van der Waals surface area (Å²) >= 11 is 12.5. The van der Waals surface area contributed by atoms with Gasteiger partial charge in [0.25, 0.3) is 0 Å². The van der Waals surface area contributed by atoms with Gasteiger partial charge in [0.2, 0.25) is 0 Å². The molecule has 1 saturated carbocycles. The van der Waals surface area contributed by atoms with Crippen molar-refractivity contribution in [1.29, 1.82) is 0 Å². The number of halogens is 3. The molecule has 1 aromatic rings. The van der Waals surface area contributed by atoms with Crippen LogP contribution in [0.2, 0.25) is 10.0 Å². The second kappa shape index (κ2) is 8.86. The minimum absolute atomic E-state index is 0.139. The van der Waals surface area contributed by atoms with E-state index < -0.39 is 5.67 Å². The van der Waals surface area contributed by atoms with Crippen molar-refractivity contribution >= 4 is 35.0 Å². The zero-order chi connectivity index (χ0) is 20.4. The number of alkyl halides is 1. The number of hydrogen-bond donors (Lipinski definition) is 0. The molecular weight excluding hydrogens is 416 g/mol. The van der Waals surface area contributed by atoms with Crippen molar-refractivity contribution < 1.29 is 13.9 Å². The van der Waals surface area contributed by atoms with E-state index in [-0.39, 0.29) is 12.1 Å². The molecule has 0 bridgehead atoms. The summed E-state index contributed by atoms with van der Waals surface area (Å²) in [5.74, 6) is 0. The van der Waals surface area contributed by atoms with E-state index in [1.807, 2.05) is 12.1 Å². The normalized spacial score (nSPS) is 28.7. The fraction of sp³-hybridized carbons (Fsp3) is 0.667. The first-order valence-corrected chi connectivity index (χ1v) is 11.2. The molecule has 29 heavy (non-hydrogen) atoms. The van der Waals surface area contributed by atoms with E-state index >= 15 is 4.39 Å². The molecule has 0 atom stereocenters. The smallest absolute Gasteiger partial charge is 0.410 e. The fourth-order valence-corrected chi connectivity index (χ4v) is 5.14. The maximum Gasteiger partial charge on any atom is 0.410 e. The SMILES string of the molecule is O=C1OCCN1C1CCC(F)(CCN2CCN(c3cccc(Cl)c3Cl)CC2)CC1. The highest BCUT2D eigenvalue weighted by molar-refractivity contribution is 6.43. The van der Waals surface area contributed by atoms with Gasteiger partial charge in [-0.2, -0.15) is 0 Å². The first kappa shape index (κ1) is 21.0. The summed E-state index contributed by atoms with van der Waals surface area (Å²) in [6.45, 7) is 5.37. The number of nitrogens with zero attached hydrogens (tertiary/aromatic N) is 3. The number of cyclic esters (lactones) is 1. The largest absolute Gasteiger partial charge is 0.448 e. The summed E-state index contributed by atoms with van der Waals surface area (Å²) < 4.78 is 20.3. The van der Waals surface area contributed by atoms with Crippen LogP contribution in [0.25, 0.3) is 0 Å². The highest BCUT2D eigenvalue weighted by Gasteiger charge is 2.40. The molecular formula is C21H28Cl2FN3O2. The van der Waals surface area contributed by atoms with Crippen molar-refractivity contribution in [3.05, 3.63) is 28.2 Å². The Balaban J connectivity index is 1.22. The van der Waals surface area contributed by atoms with Crippen LogP contribution in [0.15, 0.2) is 18.2 Å². The van der Waals surface area contributed by atoms with Crippen LogP contribution in [-0.4, -0.2) is 73.5 Å². The van der Waals surface area contributed by atoms with Crippen LogP contribution in [0.3, 0.4) is 0 Å². The van der Waals surface area contributed by atoms with Gasteiger partial charge in [-0.15, -0.1) is 0 Å². The Morgan fingerprint density at radius 1 is 1.10 bits per heavy atom. The minimum Gasteiger partial charge on any atom is -0.448 e. The molecule has 5 nitrogen and oxygen atoms in total.